The maximum absolute atomic E-state index is 6.33. The molecular weight excluding hydrogens is 923 g/mol. The molecule has 0 saturated carbocycles. The Morgan fingerprint density at radius 2 is 0.697 bits per heavy atom. The second-order valence-corrected chi connectivity index (χ2v) is 19.9. The van der Waals surface area contributed by atoms with E-state index in [-0.39, 0.29) is 0 Å². The molecule has 0 saturated heterocycles. The average molecular weight is 970 g/mol. The van der Waals surface area contributed by atoms with Crippen LogP contribution in [0.15, 0.2) is 294 Å². The van der Waals surface area contributed by atoms with Crippen LogP contribution in [0.5, 0.6) is 0 Å². The number of furan rings is 2. The first-order valence-corrected chi connectivity index (χ1v) is 26.1. The molecule has 14 aromatic rings. The van der Waals surface area contributed by atoms with Gasteiger partial charge >= 0.3 is 0 Å². The summed E-state index contributed by atoms with van der Waals surface area (Å²) in [6.07, 6.45) is 0. The van der Waals surface area contributed by atoms with Gasteiger partial charge in [-0.15, -0.1) is 0 Å². The minimum absolute atomic E-state index is 0.449. The van der Waals surface area contributed by atoms with Crippen LogP contribution in [0.2, 0.25) is 0 Å². The molecule has 356 valence electrons. The minimum Gasteiger partial charge on any atom is -0.456 e. The van der Waals surface area contributed by atoms with E-state index in [1.54, 1.807) is 0 Å². The largest absolute Gasteiger partial charge is 0.456 e. The number of benzene rings is 12. The molecule has 0 unspecified atom stereocenters. The van der Waals surface area contributed by atoms with Crippen molar-refractivity contribution < 1.29 is 8.83 Å². The van der Waals surface area contributed by atoms with Crippen LogP contribution in [0.25, 0.3) is 99.5 Å². The lowest BCUT2D eigenvalue weighted by molar-refractivity contribution is 0.668. The van der Waals surface area contributed by atoms with Gasteiger partial charge in [-0.25, -0.2) is 0 Å². The van der Waals surface area contributed by atoms with Crippen LogP contribution < -0.4 is 4.90 Å². The Morgan fingerprint density at radius 3 is 1.30 bits per heavy atom. The summed E-state index contributed by atoms with van der Waals surface area (Å²) in [5.41, 5.74) is 23.1. The summed E-state index contributed by atoms with van der Waals surface area (Å²) in [6.45, 7) is 0. The second-order valence-electron chi connectivity index (χ2n) is 19.9. The Kier molecular flexibility index (Phi) is 10.1. The SMILES string of the molecule is c1ccc(C2(c3ccccc3)c3ccccc3-c3cc(-c4cccc(-c5ccccc5N(c5ccc(-c6cccc7oc8ccccc8c67)cc5)c5ccc(-c6cccc7oc8ccccc8c67)cc5)c4)ccc32)cc1. The first-order valence-electron chi connectivity index (χ1n) is 26.1. The summed E-state index contributed by atoms with van der Waals surface area (Å²) in [5, 5.41) is 4.49. The van der Waals surface area contributed by atoms with E-state index in [0.717, 1.165) is 99.9 Å². The van der Waals surface area contributed by atoms with Gasteiger partial charge in [0, 0.05) is 38.5 Å². The van der Waals surface area contributed by atoms with Crippen LogP contribution in [0.1, 0.15) is 22.3 Å². The standard InChI is InChI=1S/C73H47NO2/c1-3-20-53(21-4-1)73(54-22-5-2-6-23-54)64-30-11-7-25-60(64)63-47-51(40-45-65(63)73)50-18-15-19-52(46-50)57-24-8-12-31-66(57)74(55-41-36-48(37-42-55)58-28-16-34-69-71(58)61-26-9-13-32-67(61)75-69)56-43-38-49(39-44-56)59-29-17-35-70-72(59)62-27-10-14-33-68(62)76-70/h1-47H. The highest BCUT2D eigenvalue weighted by Crippen LogP contribution is 2.57. The number of nitrogens with zero attached hydrogens (tertiary/aromatic N) is 1. The normalized spacial score (nSPS) is 12.6. The molecule has 1 aliphatic carbocycles. The number of anilines is 3. The average Bonchev–Trinajstić information content (AvgIpc) is 4.31. The fourth-order valence-corrected chi connectivity index (χ4v) is 12.4. The van der Waals surface area contributed by atoms with Gasteiger partial charge in [0.15, 0.2) is 0 Å². The predicted molar refractivity (Wildman–Crippen MR) is 315 cm³/mol. The van der Waals surface area contributed by atoms with Crippen molar-refractivity contribution in [3.8, 4) is 55.6 Å². The third-order valence-corrected chi connectivity index (χ3v) is 15.8. The third kappa shape index (κ3) is 6.83. The van der Waals surface area contributed by atoms with Gasteiger partial charge in [0.2, 0.25) is 0 Å². The van der Waals surface area contributed by atoms with E-state index in [1.807, 2.05) is 24.3 Å². The number of rotatable bonds is 9. The Morgan fingerprint density at radius 1 is 0.263 bits per heavy atom. The summed E-state index contributed by atoms with van der Waals surface area (Å²) >= 11 is 0. The summed E-state index contributed by atoms with van der Waals surface area (Å²) in [5.74, 6) is 0. The van der Waals surface area contributed by atoms with Crippen LogP contribution >= 0.6 is 0 Å². The van der Waals surface area contributed by atoms with Gasteiger partial charge in [-0.2, -0.15) is 0 Å². The van der Waals surface area contributed by atoms with E-state index < -0.39 is 5.41 Å². The maximum atomic E-state index is 6.33. The Hall–Kier alpha value is -9.96. The molecule has 0 amide bonds. The van der Waals surface area contributed by atoms with Crippen molar-refractivity contribution >= 4 is 60.9 Å². The molecule has 12 aromatic carbocycles. The monoisotopic (exact) mass is 969 g/mol. The molecule has 0 atom stereocenters. The Labute approximate surface area is 440 Å². The molecule has 0 N–H and O–H groups in total. The molecule has 1 aliphatic rings. The number of hydrogen-bond acceptors (Lipinski definition) is 3. The zero-order valence-corrected chi connectivity index (χ0v) is 41.4. The van der Waals surface area contributed by atoms with E-state index in [9.17, 15) is 0 Å². The lowest BCUT2D eigenvalue weighted by Gasteiger charge is -2.33. The highest BCUT2D eigenvalue weighted by atomic mass is 16.3. The van der Waals surface area contributed by atoms with E-state index in [4.69, 9.17) is 8.83 Å². The number of hydrogen-bond donors (Lipinski definition) is 0. The molecule has 2 heterocycles. The van der Waals surface area contributed by atoms with Crippen LogP contribution in [-0.2, 0) is 5.41 Å². The molecule has 0 radical (unpaired) electrons. The highest BCUT2D eigenvalue weighted by Gasteiger charge is 2.46. The fourth-order valence-electron chi connectivity index (χ4n) is 12.4. The maximum Gasteiger partial charge on any atom is 0.136 e. The van der Waals surface area contributed by atoms with Gasteiger partial charge < -0.3 is 13.7 Å². The summed E-state index contributed by atoms with van der Waals surface area (Å²) in [6, 6.07) is 103. The lowest BCUT2D eigenvalue weighted by Crippen LogP contribution is -2.28. The molecule has 0 aliphatic heterocycles. The molecule has 0 spiro atoms. The van der Waals surface area contributed by atoms with Crippen LogP contribution in [0.4, 0.5) is 17.1 Å². The third-order valence-electron chi connectivity index (χ3n) is 15.8. The molecule has 3 nitrogen and oxygen atoms in total. The van der Waals surface area contributed by atoms with E-state index in [2.05, 4.69) is 266 Å². The zero-order chi connectivity index (χ0) is 50.2. The van der Waals surface area contributed by atoms with Gasteiger partial charge in [0.05, 0.1) is 11.1 Å². The number of fused-ring (bicyclic) bond motifs is 9. The van der Waals surface area contributed by atoms with Crippen molar-refractivity contribution in [2.24, 2.45) is 0 Å². The lowest BCUT2D eigenvalue weighted by atomic mass is 9.67. The molecule has 15 rings (SSSR count). The molecule has 2 aromatic heterocycles. The molecule has 76 heavy (non-hydrogen) atoms. The topological polar surface area (TPSA) is 29.5 Å². The van der Waals surface area contributed by atoms with Crippen LogP contribution in [-0.4, -0.2) is 0 Å². The van der Waals surface area contributed by atoms with E-state index >= 15 is 0 Å². The highest BCUT2D eigenvalue weighted by molar-refractivity contribution is 6.13. The first-order chi connectivity index (χ1) is 37.7. The van der Waals surface area contributed by atoms with Gasteiger partial charge in [-0.3, -0.25) is 0 Å². The molecule has 0 bridgehead atoms. The van der Waals surface area contributed by atoms with Crippen molar-refractivity contribution in [2.45, 2.75) is 5.41 Å². The summed E-state index contributed by atoms with van der Waals surface area (Å²) < 4.78 is 12.7. The van der Waals surface area contributed by atoms with Crippen molar-refractivity contribution in [2.75, 3.05) is 4.90 Å². The minimum atomic E-state index is -0.449. The molecular formula is C73H47NO2. The van der Waals surface area contributed by atoms with Crippen molar-refractivity contribution in [3.63, 3.8) is 0 Å². The zero-order valence-electron chi connectivity index (χ0n) is 41.4. The van der Waals surface area contributed by atoms with Crippen molar-refractivity contribution in [1.29, 1.82) is 0 Å². The van der Waals surface area contributed by atoms with Gasteiger partial charge in [-0.1, -0.05) is 218 Å². The molecule has 3 heteroatoms. The van der Waals surface area contributed by atoms with Crippen LogP contribution in [0, 0.1) is 0 Å². The summed E-state index contributed by atoms with van der Waals surface area (Å²) in [4.78, 5) is 2.40. The smallest absolute Gasteiger partial charge is 0.136 e. The van der Waals surface area contributed by atoms with Crippen molar-refractivity contribution in [1.82, 2.24) is 0 Å². The Bertz CT molecular complexity index is 4310. The summed E-state index contributed by atoms with van der Waals surface area (Å²) in [7, 11) is 0. The first kappa shape index (κ1) is 43.6. The van der Waals surface area contributed by atoms with Gasteiger partial charge in [-0.05, 0) is 139 Å². The van der Waals surface area contributed by atoms with Gasteiger partial charge in [0.25, 0.3) is 0 Å². The fraction of sp³-hybridized carbons (Fsp3) is 0.0137. The van der Waals surface area contributed by atoms with Crippen LogP contribution in [0.3, 0.4) is 0 Å². The van der Waals surface area contributed by atoms with Gasteiger partial charge in [0.1, 0.15) is 22.3 Å². The quantitative estimate of drug-likeness (QED) is 0.144. The van der Waals surface area contributed by atoms with Crippen molar-refractivity contribution in [3.05, 3.63) is 307 Å². The number of para-hydroxylation sites is 3. The van der Waals surface area contributed by atoms with E-state index in [1.165, 1.54) is 38.9 Å². The second kappa shape index (κ2) is 17.6. The van der Waals surface area contributed by atoms with E-state index in [0.29, 0.717) is 0 Å². The molecule has 0 fully saturated rings. The Balaban J connectivity index is 0.858. The predicted octanol–water partition coefficient (Wildman–Crippen LogP) is 20.0.